The first-order chi connectivity index (χ1) is 9.67. The van der Waals surface area contributed by atoms with Gasteiger partial charge < -0.3 is 15.4 Å². The number of carbonyl (C=O) groups excluding carboxylic acids is 1. The summed E-state index contributed by atoms with van der Waals surface area (Å²) in [4.78, 5) is 13.9. The predicted molar refractivity (Wildman–Crippen MR) is 81.7 cm³/mol. The summed E-state index contributed by atoms with van der Waals surface area (Å²) in [5, 5.41) is 4.25. The minimum Gasteiger partial charge on any atom is -0.444 e. The lowest BCUT2D eigenvalue weighted by Crippen LogP contribution is -2.46. The molecule has 0 saturated heterocycles. The van der Waals surface area contributed by atoms with Gasteiger partial charge in [0.25, 0.3) is 0 Å². The second-order valence-electron chi connectivity index (χ2n) is 6.52. The molecule has 0 fully saturated rings. The summed E-state index contributed by atoms with van der Waals surface area (Å²) < 4.78 is 7.25. The van der Waals surface area contributed by atoms with Crippen molar-refractivity contribution in [2.24, 2.45) is 12.8 Å². The summed E-state index contributed by atoms with van der Waals surface area (Å²) in [6, 6.07) is -0.199. The normalized spacial score (nSPS) is 19.4. The van der Waals surface area contributed by atoms with Crippen molar-refractivity contribution in [1.29, 1.82) is 0 Å². The molecule has 2 heterocycles. The van der Waals surface area contributed by atoms with E-state index in [2.05, 4.69) is 5.10 Å². The maximum Gasteiger partial charge on any atom is 0.410 e. The Morgan fingerprint density at radius 3 is 2.67 bits per heavy atom. The largest absolute Gasteiger partial charge is 0.444 e. The summed E-state index contributed by atoms with van der Waals surface area (Å²) in [5.41, 5.74) is 8.65. The summed E-state index contributed by atoms with van der Waals surface area (Å²) in [6.45, 7) is 8.53. The van der Waals surface area contributed by atoms with Gasteiger partial charge in [-0.25, -0.2) is 4.79 Å². The first-order valence-electron chi connectivity index (χ1n) is 7.10. The van der Waals surface area contributed by atoms with Crippen molar-refractivity contribution in [3.63, 3.8) is 0 Å². The number of rotatable bonds is 1. The van der Waals surface area contributed by atoms with E-state index in [9.17, 15) is 4.79 Å². The van der Waals surface area contributed by atoms with E-state index in [1.54, 1.807) is 4.90 Å². The highest BCUT2D eigenvalue weighted by Gasteiger charge is 2.28. The molecule has 1 aromatic rings. The molecule has 6 nitrogen and oxygen atoms in total. The molecule has 2 rings (SSSR count). The molecule has 1 atom stereocenters. The average Bonchev–Trinajstić information content (AvgIpc) is 2.66. The van der Waals surface area contributed by atoms with Gasteiger partial charge in [0.15, 0.2) is 0 Å². The van der Waals surface area contributed by atoms with Gasteiger partial charge in [-0.05, 0) is 38.8 Å². The summed E-state index contributed by atoms with van der Waals surface area (Å²) in [6.07, 6.45) is 3.49. The average molecular weight is 292 g/mol. The standard InChI is InChI=1S/C15H24N4O2/c1-10-7-17-18(5)13(10)11-6-12(16)9-19(8-11)14(20)21-15(2,3)4/h6-7,12H,8-9,16H2,1-5H3. The van der Waals surface area contributed by atoms with Crippen molar-refractivity contribution < 1.29 is 9.53 Å². The zero-order valence-corrected chi connectivity index (χ0v) is 13.4. The van der Waals surface area contributed by atoms with Crippen LogP contribution in [0.15, 0.2) is 12.3 Å². The molecular formula is C15H24N4O2. The minimum atomic E-state index is -0.509. The van der Waals surface area contributed by atoms with Gasteiger partial charge in [0.1, 0.15) is 5.60 Å². The molecule has 0 saturated carbocycles. The van der Waals surface area contributed by atoms with Crippen LogP contribution >= 0.6 is 0 Å². The number of hydrogen-bond acceptors (Lipinski definition) is 4. The summed E-state index contributed by atoms with van der Waals surface area (Å²) in [5.74, 6) is 0. The lowest BCUT2D eigenvalue weighted by molar-refractivity contribution is 0.0265. The van der Waals surface area contributed by atoms with Crippen LogP contribution in [0.4, 0.5) is 4.79 Å². The van der Waals surface area contributed by atoms with E-state index in [1.165, 1.54) is 0 Å². The number of nitrogens with two attached hydrogens (primary N) is 1. The number of aryl methyl sites for hydroxylation is 2. The quantitative estimate of drug-likeness (QED) is 0.855. The van der Waals surface area contributed by atoms with E-state index in [1.807, 2.05) is 51.7 Å². The molecule has 1 unspecified atom stereocenters. The lowest BCUT2D eigenvalue weighted by atomic mass is 10.0. The van der Waals surface area contributed by atoms with E-state index in [0.29, 0.717) is 13.1 Å². The zero-order chi connectivity index (χ0) is 15.8. The SMILES string of the molecule is Cc1cnn(C)c1C1=CC(N)CN(C(=O)OC(C)(C)C)C1. The lowest BCUT2D eigenvalue weighted by Gasteiger charge is -2.32. The predicted octanol–water partition coefficient (Wildman–Crippen LogP) is 1.69. The van der Waals surface area contributed by atoms with Crippen molar-refractivity contribution in [3.05, 3.63) is 23.5 Å². The Bertz CT molecular complexity index is 549. The fraction of sp³-hybridized carbons (Fsp3) is 0.600. The van der Waals surface area contributed by atoms with Gasteiger partial charge in [0.2, 0.25) is 0 Å². The number of aromatic nitrogens is 2. The topological polar surface area (TPSA) is 73.4 Å². The highest BCUT2D eigenvalue weighted by atomic mass is 16.6. The molecule has 1 aromatic heterocycles. The van der Waals surface area contributed by atoms with E-state index >= 15 is 0 Å². The van der Waals surface area contributed by atoms with Crippen LogP contribution < -0.4 is 5.73 Å². The van der Waals surface area contributed by atoms with Crippen molar-refractivity contribution in [1.82, 2.24) is 14.7 Å². The van der Waals surface area contributed by atoms with Crippen LogP contribution in [0.3, 0.4) is 0 Å². The number of carbonyl (C=O) groups is 1. The molecule has 1 amide bonds. The van der Waals surface area contributed by atoms with E-state index in [4.69, 9.17) is 10.5 Å². The van der Waals surface area contributed by atoms with Crippen LogP contribution in [-0.2, 0) is 11.8 Å². The van der Waals surface area contributed by atoms with Gasteiger partial charge in [-0.1, -0.05) is 6.08 Å². The molecule has 116 valence electrons. The third-order valence-corrected chi connectivity index (χ3v) is 3.29. The van der Waals surface area contributed by atoms with Gasteiger partial charge in [0.05, 0.1) is 18.4 Å². The fourth-order valence-corrected chi connectivity index (χ4v) is 2.52. The maximum atomic E-state index is 12.2. The fourth-order valence-electron chi connectivity index (χ4n) is 2.52. The second-order valence-corrected chi connectivity index (χ2v) is 6.52. The molecule has 0 aromatic carbocycles. The molecule has 1 aliphatic rings. The number of hydrogen-bond donors (Lipinski definition) is 1. The van der Waals surface area contributed by atoms with Crippen LogP contribution in [0.5, 0.6) is 0 Å². The number of nitrogens with zero attached hydrogens (tertiary/aromatic N) is 3. The van der Waals surface area contributed by atoms with Gasteiger partial charge in [-0.3, -0.25) is 4.68 Å². The Morgan fingerprint density at radius 2 is 2.14 bits per heavy atom. The third-order valence-electron chi connectivity index (χ3n) is 3.29. The summed E-state index contributed by atoms with van der Waals surface area (Å²) >= 11 is 0. The minimum absolute atomic E-state index is 0.199. The Balaban J connectivity index is 2.21. The number of amides is 1. The molecule has 6 heteroatoms. The van der Waals surface area contributed by atoms with Crippen LogP contribution in [0, 0.1) is 6.92 Å². The first kappa shape index (κ1) is 15.6. The first-order valence-corrected chi connectivity index (χ1v) is 7.10. The van der Waals surface area contributed by atoms with Gasteiger partial charge >= 0.3 is 6.09 Å². The molecule has 21 heavy (non-hydrogen) atoms. The molecule has 0 spiro atoms. The van der Waals surface area contributed by atoms with E-state index in [0.717, 1.165) is 16.8 Å². The monoisotopic (exact) mass is 292 g/mol. The molecule has 1 aliphatic heterocycles. The Hall–Kier alpha value is -1.82. The summed E-state index contributed by atoms with van der Waals surface area (Å²) in [7, 11) is 1.89. The van der Waals surface area contributed by atoms with Crippen LogP contribution in [-0.4, -0.2) is 45.5 Å². The highest BCUT2D eigenvalue weighted by Crippen LogP contribution is 2.24. The van der Waals surface area contributed by atoms with Crippen LogP contribution in [0.1, 0.15) is 32.0 Å². The smallest absolute Gasteiger partial charge is 0.410 e. The molecular weight excluding hydrogens is 268 g/mol. The second kappa shape index (κ2) is 5.52. The van der Waals surface area contributed by atoms with Crippen molar-refractivity contribution in [2.75, 3.05) is 13.1 Å². The van der Waals surface area contributed by atoms with E-state index < -0.39 is 5.60 Å². The molecule has 2 N–H and O–H groups in total. The molecule has 0 aliphatic carbocycles. The Morgan fingerprint density at radius 1 is 1.48 bits per heavy atom. The van der Waals surface area contributed by atoms with Crippen LogP contribution in [0.2, 0.25) is 0 Å². The van der Waals surface area contributed by atoms with Crippen LogP contribution in [0.25, 0.3) is 5.57 Å². The van der Waals surface area contributed by atoms with Crippen molar-refractivity contribution >= 4 is 11.7 Å². The highest BCUT2D eigenvalue weighted by molar-refractivity contribution is 5.76. The van der Waals surface area contributed by atoms with Gasteiger partial charge in [-0.15, -0.1) is 0 Å². The number of ether oxygens (including phenoxy) is 1. The van der Waals surface area contributed by atoms with Crippen molar-refractivity contribution in [3.8, 4) is 0 Å². The molecule has 0 radical (unpaired) electrons. The molecule has 0 bridgehead atoms. The van der Waals surface area contributed by atoms with Crippen molar-refractivity contribution in [2.45, 2.75) is 39.3 Å². The Labute approximate surface area is 125 Å². The van der Waals surface area contributed by atoms with Gasteiger partial charge in [0, 0.05) is 19.6 Å². The zero-order valence-electron chi connectivity index (χ0n) is 13.4. The Kier molecular flexibility index (Phi) is 4.09. The van der Waals surface area contributed by atoms with Gasteiger partial charge in [-0.2, -0.15) is 5.10 Å². The van der Waals surface area contributed by atoms with E-state index in [-0.39, 0.29) is 12.1 Å². The third kappa shape index (κ3) is 3.64. The maximum absolute atomic E-state index is 12.2.